The topological polar surface area (TPSA) is 106 Å². The van der Waals surface area contributed by atoms with Gasteiger partial charge in [0.05, 0.1) is 24.1 Å². The summed E-state index contributed by atoms with van der Waals surface area (Å²) in [5.41, 5.74) is 0.757. The van der Waals surface area contributed by atoms with Crippen molar-refractivity contribution < 1.29 is 9.59 Å². The minimum atomic E-state index is -0.390. The molecule has 2 saturated heterocycles. The van der Waals surface area contributed by atoms with E-state index in [-0.39, 0.29) is 28.6 Å². The molecule has 3 fully saturated rings. The van der Waals surface area contributed by atoms with Crippen molar-refractivity contribution in [1.29, 1.82) is 0 Å². The lowest BCUT2D eigenvalue weighted by Crippen LogP contribution is -2.42. The Hall–Kier alpha value is -2.53. The first-order valence-electron chi connectivity index (χ1n) is 13.1. The standard InChI is InChI=1S/C25H36N8O2S/c1-17-28-22-23(35)18(15-19(34)24(22)36-17)26-7-13-31(2)14-8-27-20-16-21(32-9-3-4-10-32)30-25(29-20)33-11-5-6-12-33/h16-17,24H,3-15H2,1-2H3,(H,27,29,30). The van der Waals surface area contributed by atoms with Crippen molar-refractivity contribution in [3.05, 3.63) is 6.07 Å². The third-order valence-electron chi connectivity index (χ3n) is 7.13. The summed E-state index contributed by atoms with van der Waals surface area (Å²) >= 11 is 1.46. The SMILES string of the molecule is CC1N=C2C(=O)C(=NCCN(C)CCNc3cc(N4CCCC4)nc(N4CCCC4)n3)CC(=O)C2S1. The van der Waals surface area contributed by atoms with Crippen molar-refractivity contribution in [3.8, 4) is 0 Å². The summed E-state index contributed by atoms with van der Waals surface area (Å²) in [5.74, 6) is 2.62. The van der Waals surface area contributed by atoms with Crippen molar-refractivity contribution in [2.24, 2.45) is 9.98 Å². The normalized spacial score (nSPS) is 25.3. The van der Waals surface area contributed by atoms with Gasteiger partial charge < -0.3 is 20.0 Å². The second-order valence-corrected chi connectivity index (χ2v) is 11.4. The smallest absolute Gasteiger partial charge is 0.229 e. The number of fused-ring (bicyclic) bond motifs is 1. The summed E-state index contributed by atoms with van der Waals surface area (Å²) in [6, 6.07) is 2.07. The molecular formula is C25H36N8O2S. The highest BCUT2D eigenvalue weighted by Gasteiger charge is 2.42. The summed E-state index contributed by atoms with van der Waals surface area (Å²) in [6.07, 6.45) is 4.95. The molecule has 10 nitrogen and oxygen atoms in total. The number of carbonyl (C=O) groups is 2. The second kappa shape index (κ2) is 11.2. The van der Waals surface area contributed by atoms with Crippen LogP contribution in [0.15, 0.2) is 16.1 Å². The molecule has 0 radical (unpaired) electrons. The Bertz CT molecular complexity index is 1010. The van der Waals surface area contributed by atoms with Crippen LogP contribution in [-0.4, -0.2) is 108 Å². The number of thioether (sulfide) groups is 1. The first-order chi connectivity index (χ1) is 17.5. The number of anilines is 3. The fourth-order valence-corrected chi connectivity index (χ4v) is 6.20. The summed E-state index contributed by atoms with van der Waals surface area (Å²) in [4.78, 5) is 50.4. The van der Waals surface area contributed by atoms with Gasteiger partial charge in [0.15, 0.2) is 5.78 Å². The third kappa shape index (κ3) is 5.72. The number of hydrogen-bond donors (Lipinski definition) is 1. The number of carbonyl (C=O) groups excluding carboxylic acids is 2. The molecule has 0 aromatic carbocycles. The maximum atomic E-state index is 12.7. The predicted molar refractivity (Wildman–Crippen MR) is 146 cm³/mol. The van der Waals surface area contributed by atoms with Gasteiger partial charge in [0.25, 0.3) is 0 Å². The van der Waals surface area contributed by atoms with Gasteiger partial charge in [-0.3, -0.25) is 19.6 Å². The summed E-state index contributed by atoms with van der Waals surface area (Å²) in [6.45, 7) is 8.81. The van der Waals surface area contributed by atoms with Crippen LogP contribution < -0.4 is 15.1 Å². The van der Waals surface area contributed by atoms with Gasteiger partial charge in [0.1, 0.15) is 22.6 Å². The van der Waals surface area contributed by atoms with Crippen LogP contribution in [0.5, 0.6) is 0 Å². The number of nitrogens with zero attached hydrogens (tertiary/aromatic N) is 7. The van der Waals surface area contributed by atoms with E-state index < -0.39 is 0 Å². The van der Waals surface area contributed by atoms with Gasteiger partial charge in [-0.2, -0.15) is 9.97 Å². The van der Waals surface area contributed by atoms with Crippen LogP contribution in [-0.2, 0) is 9.59 Å². The molecule has 1 aromatic rings. The zero-order chi connectivity index (χ0) is 25.1. The molecule has 3 aliphatic heterocycles. The summed E-state index contributed by atoms with van der Waals surface area (Å²) in [7, 11) is 2.04. The Morgan fingerprint density at radius 3 is 2.56 bits per heavy atom. The lowest BCUT2D eigenvalue weighted by atomic mass is 9.93. The monoisotopic (exact) mass is 512 g/mol. The van der Waals surface area contributed by atoms with Crippen molar-refractivity contribution in [2.75, 3.05) is 74.5 Å². The minimum Gasteiger partial charge on any atom is -0.369 e. The zero-order valence-electron chi connectivity index (χ0n) is 21.3. The number of aromatic nitrogens is 2. The molecule has 0 bridgehead atoms. The van der Waals surface area contributed by atoms with Crippen molar-refractivity contribution in [1.82, 2.24) is 14.9 Å². The van der Waals surface area contributed by atoms with Crippen LogP contribution in [0.1, 0.15) is 39.0 Å². The van der Waals surface area contributed by atoms with E-state index in [1.807, 2.05) is 14.0 Å². The average Bonchev–Trinajstić information content (AvgIpc) is 3.64. The average molecular weight is 513 g/mol. The Kier molecular flexibility index (Phi) is 7.85. The van der Waals surface area contributed by atoms with E-state index in [9.17, 15) is 9.59 Å². The molecule has 194 valence electrons. The molecule has 1 N–H and O–H groups in total. The molecule has 0 amide bonds. The molecule has 5 rings (SSSR count). The number of aliphatic imine (C=N–C) groups is 2. The van der Waals surface area contributed by atoms with Crippen LogP contribution >= 0.6 is 11.8 Å². The first kappa shape index (κ1) is 25.1. The van der Waals surface area contributed by atoms with E-state index in [4.69, 9.17) is 9.97 Å². The largest absolute Gasteiger partial charge is 0.369 e. The van der Waals surface area contributed by atoms with Crippen LogP contribution in [0.4, 0.5) is 17.6 Å². The third-order valence-corrected chi connectivity index (χ3v) is 8.39. The fraction of sp³-hybridized carbons (Fsp3) is 0.680. The highest BCUT2D eigenvalue weighted by molar-refractivity contribution is 8.02. The second-order valence-electron chi connectivity index (χ2n) is 9.96. The molecule has 11 heteroatoms. The molecule has 1 aromatic heterocycles. The Balaban J connectivity index is 1.13. The molecule has 2 unspecified atom stereocenters. The van der Waals surface area contributed by atoms with E-state index >= 15 is 0 Å². The van der Waals surface area contributed by atoms with Crippen LogP contribution in [0, 0.1) is 0 Å². The Labute approximate surface area is 217 Å². The molecule has 1 aliphatic carbocycles. The first-order valence-corrected chi connectivity index (χ1v) is 14.1. The number of likely N-dealkylation sites (N-methyl/N-ethyl adjacent to an activating group) is 1. The van der Waals surface area contributed by atoms with Crippen molar-refractivity contribution in [3.63, 3.8) is 0 Å². The number of rotatable bonds is 9. The lowest BCUT2D eigenvalue weighted by molar-refractivity contribution is -0.118. The van der Waals surface area contributed by atoms with E-state index in [2.05, 4.69) is 36.1 Å². The molecule has 1 saturated carbocycles. The van der Waals surface area contributed by atoms with E-state index in [0.29, 0.717) is 24.5 Å². The lowest BCUT2D eigenvalue weighted by Gasteiger charge is -2.22. The van der Waals surface area contributed by atoms with Gasteiger partial charge in [-0.15, -0.1) is 11.8 Å². The molecular weight excluding hydrogens is 476 g/mol. The maximum absolute atomic E-state index is 12.7. The molecule has 2 atom stereocenters. The van der Waals surface area contributed by atoms with Gasteiger partial charge in [0, 0.05) is 51.9 Å². The van der Waals surface area contributed by atoms with Gasteiger partial charge in [-0.05, 0) is 39.7 Å². The fourth-order valence-electron chi connectivity index (χ4n) is 5.10. The Morgan fingerprint density at radius 2 is 1.81 bits per heavy atom. The van der Waals surface area contributed by atoms with E-state index in [1.54, 1.807) is 0 Å². The van der Waals surface area contributed by atoms with Gasteiger partial charge >= 0.3 is 0 Å². The van der Waals surface area contributed by atoms with E-state index in [0.717, 1.165) is 56.9 Å². The predicted octanol–water partition coefficient (Wildman–Crippen LogP) is 1.91. The van der Waals surface area contributed by atoms with Crippen LogP contribution in [0.3, 0.4) is 0 Å². The van der Waals surface area contributed by atoms with Crippen LogP contribution in [0.2, 0.25) is 0 Å². The minimum absolute atomic E-state index is 0.0383. The van der Waals surface area contributed by atoms with E-state index in [1.165, 1.54) is 37.4 Å². The highest BCUT2D eigenvalue weighted by atomic mass is 32.2. The quantitative estimate of drug-likeness (QED) is 0.531. The van der Waals surface area contributed by atoms with Crippen molar-refractivity contribution >= 4 is 52.3 Å². The number of ketones is 2. The summed E-state index contributed by atoms with van der Waals surface area (Å²) < 4.78 is 0. The number of Topliss-reactive ketones (excluding diaryl/α,β-unsaturated/α-hetero) is 2. The zero-order valence-corrected chi connectivity index (χ0v) is 22.1. The molecule has 0 spiro atoms. The Morgan fingerprint density at radius 1 is 1.08 bits per heavy atom. The number of hydrogen-bond acceptors (Lipinski definition) is 11. The number of nitrogens with one attached hydrogen (secondary N) is 1. The molecule has 4 aliphatic rings. The highest BCUT2D eigenvalue weighted by Crippen LogP contribution is 2.32. The van der Waals surface area contributed by atoms with Gasteiger partial charge in [-0.25, -0.2) is 0 Å². The van der Waals surface area contributed by atoms with Gasteiger partial charge in [-0.1, -0.05) is 0 Å². The maximum Gasteiger partial charge on any atom is 0.229 e. The van der Waals surface area contributed by atoms with Gasteiger partial charge in [0.2, 0.25) is 11.7 Å². The van der Waals surface area contributed by atoms with Crippen LogP contribution in [0.25, 0.3) is 0 Å². The van der Waals surface area contributed by atoms with Crippen molar-refractivity contribution in [2.45, 2.75) is 49.7 Å². The molecule has 36 heavy (non-hydrogen) atoms. The molecule has 4 heterocycles. The summed E-state index contributed by atoms with van der Waals surface area (Å²) in [5, 5.41) is 3.06.